The van der Waals surface area contributed by atoms with Gasteiger partial charge in [0, 0.05) is 12.1 Å². The van der Waals surface area contributed by atoms with Crippen LogP contribution in [0.2, 0.25) is 0 Å². The second-order valence-corrected chi connectivity index (χ2v) is 4.89. The molecule has 94 valence electrons. The number of hydrogen-bond acceptors (Lipinski definition) is 4. The molecule has 5 nitrogen and oxygen atoms in total. The van der Waals surface area contributed by atoms with E-state index in [2.05, 4.69) is 18.7 Å². The van der Waals surface area contributed by atoms with E-state index in [9.17, 15) is 4.79 Å². The van der Waals surface area contributed by atoms with Crippen molar-refractivity contribution < 1.29 is 19.1 Å². The number of ether oxygens (including phenoxy) is 1. The third-order valence-corrected chi connectivity index (χ3v) is 3.06. The average Bonchev–Trinajstić information content (AvgIpc) is 2.70. The minimum absolute atomic E-state index is 0.0472. The zero-order valence-electron chi connectivity index (χ0n) is 10.1. The molecular weight excluding hydrogens is 222 g/mol. The number of rotatable bonds is 3. The van der Waals surface area contributed by atoms with Gasteiger partial charge in [-0.1, -0.05) is 0 Å². The Hall–Kier alpha value is -1.33. The Morgan fingerprint density at radius 3 is 2.94 bits per heavy atom. The molecule has 0 amide bonds. The number of furan rings is 1. The van der Waals surface area contributed by atoms with E-state index in [1.165, 1.54) is 6.26 Å². The average molecular weight is 239 g/mol. The fourth-order valence-corrected chi connectivity index (χ4v) is 1.95. The third kappa shape index (κ3) is 2.68. The first-order chi connectivity index (χ1) is 7.99. The van der Waals surface area contributed by atoms with Crippen LogP contribution >= 0.6 is 0 Å². The summed E-state index contributed by atoms with van der Waals surface area (Å²) < 4.78 is 10.7. The van der Waals surface area contributed by atoms with E-state index >= 15 is 0 Å². The Balaban J connectivity index is 2.06. The number of carboxylic acids is 1. The number of carboxylic acid groups (broad SMARTS) is 1. The normalized spacial score (nSPS) is 20.4. The minimum atomic E-state index is -0.957. The molecule has 0 atom stereocenters. The van der Waals surface area contributed by atoms with Crippen LogP contribution in [0, 0.1) is 0 Å². The molecule has 1 saturated heterocycles. The lowest BCUT2D eigenvalue weighted by Crippen LogP contribution is -2.52. The van der Waals surface area contributed by atoms with Crippen molar-refractivity contribution in [3.05, 3.63) is 23.7 Å². The summed E-state index contributed by atoms with van der Waals surface area (Å²) in [5.41, 5.74) is 0.153. The molecule has 2 heterocycles. The number of carbonyl (C=O) groups is 1. The second-order valence-electron chi connectivity index (χ2n) is 4.89. The summed E-state index contributed by atoms with van der Waals surface area (Å²) in [6.45, 7) is 7.04. The van der Waals surface area contributed by atoms with E-state index in [0.717, 1.165) is 6.54 Å². The van der Waals surface area contributed by atoms with Crippen molar-refractivity contribution >= 4 is 5.97 Å². The van der Waals surface area contributed by atoms with Crippen LogP contribution in [0.25, 0.3) is 0 Å². The molecule has 1 fully saturated rings. The maximum Gasteiger partial charge on any atom is 0.338 e. The highest BCUT2D eigenvalue weighted by atomic mass is 16.5. The monoisotopic (exact) mass is 239 g/mol. The molecule has 2 rings (SSSR count). The number of morpholine rings is 1. The highest BCUT2D eigenvalue weighted by Gasteiger charge is 2.31. The summed E-state index contributed by atoms with van der Waals surface area (Å²) in [6, 6.07) is 1.58. The molecule has 0 radical (unpaired) electrons. The lowest BCUT2D eigenvalue weighted by molar-refractivity contribution is -0.0577. The summed E-state index contributed by atoms with van der Waals surface area (Å²) in [5.74, 6) is -0.279. The van der Waals surface area contributed by atoms with E-state index in [-0.39, 0.29) is 11.1 Å². The van der Waals surface area contributed by atoms with Gasteiger partial charge >= 0.3 is 5.97 Å². The lowest BCUT2D eigenvalue weighted by atomic mass is 10.0. The summed E-state index contributed by atoms with van der Waals surface area (Å²) in [7, 11) is 0. The van der Waals surface area contributed by atoms with Gasteiger partial charge in [0.25, 0.3) is 0 Å². The molecule has 1 aromatic heterocycles. The van der Waals surface area contributed by atoms with Crippen molar-refractivity contribution in [2.24, 2.45) is 0 Å². The topological polar surface area (TPSA) is 62.9 Å². The second kappa shape index (κ2) is 4.50. The zero-order chi connectivity index (χ0) is 12.5. The lowest BCUT2D eigenvalue weighted by Gasteiger charge is -2.41. The molecule has 5 heteroatoms. The maximum absolute atomic E-state index is 10.7. The van der Waals surface area contributed by atoms with Crippen molar-refractivity contribution in [1.29, 1.82) is 0 Å². The van der Waals surface area contributed by atoms with E-state index < -0.39 is 5.97 Å². The van der Waals surface area contributed by atoms with Crippen LogP contribution in [0.15, 0.2) is 16.7 Å². The fraction of sp³-hybridized carbons (Fsp3) is 0.583. The van der Waals surface area contributed by atoms with Crippen LogP contribution in [0.4, 0.5) is 0 Å². The van der Waals surface area contributed by atoms with Crippen LogP contribution in [-0.2, 0) is 11.3 Å². The molecule has 1 aromatic rings. The zero-order valence-corrected chi connectivity index (χ0v) is 10.1. The minimum Gasteiger partial charge on any atom is -0.478 e. The molecule has 17 heavy (non-hydrogen) atoms. The van der Waals surface area contributed by atoms with Crippen LogP contribution < -0.4 is 0 Å². The first-order valence-electron chi connectivity index (χ1n) is 5.62. The quantitative estimate of drug-likeness (QED) is 0.867. The Morgan fingerprint density at radius 2 is 2.35 bits per heavy atom. The standard InChI is InChI=1S/C12H17NO4/c1-12(2)8-16-4-3-13(12)6-10-5-9(7-17-10)11(14)15/h5,7H,3-4,6,8H2,1-2H3,(H,14,15). The van der Waals surface area contributed by atoms with Crippen molar-refractivity contribution in [3.8, 4) is 0 Å². The number of hydrogen-bond donors (Lipinski definition) is 1. The van der Waals surface area contributed by atoms with Crippen LogP contribution in [-0.4, -0.2) is 41.3 Å². The van der Waals surface area contributed by atoms with Gasteiger partial charge < -0.3 is 14.3 Å². The van der Waals surface area contributed by atoms with E-state index in [1.807, 2.05) is 0 Å². The Morgan fingerprint density at radius 1 is 1.59 bits per heavy atom. The highest BCUT2D eigenvalue weighted by Crippen LogP contribution is 2.22. The smallest absolute Gasteiger partial charge is 0.338 e. The van der Waals surface area contributed by atoms with Gasteiger partial charge in [-0.25, -0.2) is 4.79 Å². The SMILES string of the molecule is CC1(C)COCCN1Cc1cc(C(=O)O)co1. The molecule has 1 aliphatic rings. The number of aromatic carboxylic acids is 1. The summed E-state index contributed by atoms with van der Waals surface area (Å²) in [4.78, 5) is 13.0. The largest absolute Gasteiger partial charge is 0.478 e. The van der Waals surface area contributed by atoms with Crippen LogP contribution in [0.1, 0.15) is 30.0 Å². The Kier molecular flexibility index (Phi) is 3.22. The van der Waals surface area contributed by atoms with E-state index in [0.29, 0.717) is 25.5 Å². The first kappa shape index (κ1) is 12.1. The summed E-state index contributed by atoms with van der Waals surface area (Å²) >= 11 is 0. The van der Waals surface area contributed by atoms with Crippen molar-refractivity contribution in [2.45, 2.75) is 25.9 Å². The molecular formula is C12H17NO4. The van der Waals surface area contributed by atoms with Gasteiger partial charge in [-0.05, 0) is 19.9 Å². The third-order valence-electron chi connectivity index (χ3n) is 3.06. The van der Waals surface area contributed by atoms with E-state index in [4.69, 9.17) is 14.3 Å². The van der Waals surface area contributed by atoms with Gasteiger partial charge in [0.1, 0.15) is 12.0 Å². The van der Waals surface area contributed by atoms with Crippen LogP contribution in [0.5, 0.6) is 0 Å². The highest BCUT2D eigenvalue weighted by molar-refractivity contribution is 5.87. The maximum atomic E-state index is 10.7. The molecule has 0 unspecified atom stereocenters. The van der Waals surface area contributed by atoms with Crippen molar-refractivity contribution in [2.75, 3.05) is 19.8 Å². The molecule has 0 spiro atoms. The molecule has 0 aromatic carbocycles. The van der Waals surface area contributed by atoms with Gasteiger partial charge in [0.15, 0.2) is 0 Å². The van der Waals surface area contributed by atoms with Crippen LogP contribution in [0.3, 0.4) is 0 Å². The van der Waals surface area contributed by atoms with Gasteiger partial charge in [0.2, 0.25) is 0 Å². The van der Waals surface area contributed by atoms with E-state index in [1.54, 1.807) is 6.07 Å². The Bertz CT molecular complexity index is 410. The van der Waals surface area contributed by atoms with Gasteiger partial charge in [0.05, 0.1) is 25.3 Å². The molecule has 1 N–H and O–H groups in total. The predicted molar refractivity (Wildman–Crippen MR) is 61.0 cm³/mol. The molecule has 0 saturated carbocycles. The predicted octanol–water partition coefficient (Wildman–Crippen LogP) is 1.59. The Labute approximate surface area is 100.0 Å². The first-order valence-corrected chi connectivity index (χ1v) is 5.62. The summed E-state index contributed by atoms with van der Waals surface area (Å²) in [6.07, 6.45) is 1.28. The van der Waals surface area contributed by atoms with Gasteiger partial charge in [-0.2, -0.15) is 0 Å². The van der Waals surface area contributed by atoms with Gasteiger partial charge in [-0.15, -0.1) is 0 Å². The molecule has 0 bridgehead atoms. The molecule has 1 aliphatic heterocycles. The molecule has 0 aliphatic carbocycles. The summed E-state index contributed by atoms with van der Waals surface area (Å²) in [5, 5.41) is 8.81. The number of nitrogens with zero attached hydrogens (tertiary/aromatic N) is 1. The fourth-order valence-electron chi connectivity index (χ4n) is 1.95. The van der Waals surface area contributed by atoms with Crippen molar-refractivity contribution in [3.63, 3.8) is 0 Å². The van der Waals surface area contributed by atoms with Gasteiger partial charge in [-0.3, -0.25) is 4.90 Å². The van der Waals surface area contributed by atoms with Crippen molar-refractivity contribution in [1.82, 2.24) is 4.90 Å².